The summed E-state index contributed by atoms with van der Waals surface area (Å²) in [5, 5.41) is 4.01. The Morgan fingerprint density at radius 1 is 1.43 bits per heavy atom. The molecule has 108 valence electrons. The zero-order valence-corrected chi connectivity index (χ0v) is 12.7. The molecule has 0 radical (unpaired) electrons. The minimum Gasteiger partial charge on any atom is -0.337 e. The summed E-state index contributed by atoms with van der Waals surface area (Å²) in [6.45, 7) is 0.777. The number of thiazole rings is 1. The van der Waals surface area contributed by atoms with E-state index in [4.69, 9.17) is 11.6 Å². The van der Waals surface area contributed by atoms with E-state index in [0.717, 1.165) is 23.2 Å². The standard InChI is InChI=1S/C14H13ClN4OS/c15-10-3-1-4-11-13(10)18-14(21-11)17-12(20)5-2-7-19-8-6-16-9-19/h1,3-4,6,8-9H,2,5,7H2,(H,17,18,20). The largest absolute Gasteiger partial charge is 0.337 e. The van der Waals surface area contributed by atoms with E-state index in [0.29, 0.717) is 16.6 Å². The van der Waals surface area contributed by atoms with Gasteiger partial charge >= 0.3 is 0 Å². The molecular formula is C14H13ClN4OS. The molecule has 2 aromatic heterocycles. The van der Waals surface area contributed by atoms with Crippen molar-refractivity contribution >= 4 is 44.2 Å². The molecule has 1 amide bonds. The van der Waals surface area contributed by atoms with Gasteiger partial charge in [0.25, 0.3) is 0 Å². The number of para-hydroxylation sites is 1. The maximum atomic E-state index is 11.9. The normalized spacial score (nSPS) is 10.9. The van der Waals surface area contributed by atoms with Crippen molar-refractivity contribution in [1.29, 1.82) is 0 Å². The minimum absolute atomic E-state index is 0.0368. The second-order valence-electron chi connectivity index (χ2n) is 4.56. The first-order valence-electron chi connectivity index (χ1n) is 6.53. The number of hydrogen-bond acceptors (Lipinski definition) is 4. The number of imidazole rings is 1. The Balaban J connectivity index is 1.57. The second kappa shape index (κ2) is 6.24. The molecule has 1 aromatic carbocycles. The molecule has 21 heavy (non-hydrogen) atoms. The Morgan fingerprint density at radius 3 is 3.10 bits per heavy atom. The fraction of sp³-hybridized carbons (Fsp3) is 0.214. The van der Waals surface area contributed by atoms with Gasteiger partial charge in [-0.05, 0) is 18.6 Å². The average molecular weight is 321 g/mol. The van der Waals surface area contributed by atoms with Gasteiger partial charge in [0, 0.05) is 25.4 Å². The van der Waals surface area contributed by atoms with Gasteiger partial charge < -0.3 is 9.88 Å². The SMILES string of the molecule is O=C(CCCn1ccnc1)Nc1nc2c(Cl)cccc2s1. The van der Waals surface area contributed by atoms with Crippen LogP contribution in [0.25, 0.3) is 10.2 Å². The van der Waals surface area contributed by atoms with E-state index in [1.807, 2.05) is 22.9 Å². The Labute approximate surface area is 130 Å². The molecule has 0 aliphatic carbocycles. The molecule has 0 aliphatic rings. The van der Waals surface area contributed by atoms with E-state index in [2.05, 4.69) is 15.3 Å². The molecule has 3 rings (SSSR count). The quantitative estimate of drug-likeness (QED) is 0.782. The number of hydrogen-bond donors (Lipinski definition) is 1. The number of anilines is 1. The first-order valence-corrected chi connectivity index (χ1v) is 7.72. The third kappa shape index (κ3) is 3.40. The predicted octanol–water partition coefficient (Wildman–Crippen LogP) is 3.57. The first-order chi connectivity index (χ1) is 10.2. The summed E-state index contributed by atoms with van der Waals surface area (Å²) in [4.78, 5) is 20.2. The van der Waals surface area contributed by atoms with Crippen LogP contribution in [-0.4, -0.2) is 20.4 Å². The van der Waals surface area contributed by atoms with Crippen molar-refractivity contribution in [2.24, 2.45) is 0 Å². The Bertz CT molecular complexity index is 754. The lowest BCUT2D eigenvalue weighted by molar-refractivity contribution is -0.116. The molecule has 0 fully saturated rings. The van der Waals surface area contributed by atoms with Crippen LogP contribution in [0.15, 0.2) is 36.9 Å². The van der Waals surface area contributed by atoms with Crippen molar-refractivity contribution < 1.29 is 4.79 Å². The highest BCUT2D eigenvalue weighted by Crippen LogP contribution is 2.30. The summed E-state index contributed by atoms with van der Waals surface area (Å²) < 4.78 is 2.92. The molecule has 3 aromatic rings. The third-order valence-corrected chi connectivity index (χ3v) is 4.24. The summed E-state index contributed by atoms with van der Waals surface area (Å²) in [5.74, 6) is -0.0368. The topological polar surface area (TPSA) is 59.8 Å². The van der Waals surface area contributed by atoms with Crippen molar-refractivity contribution in [1.82, 2.24) is 14.5 Å². The van der Waals surface area contributed by atoms with Gasteiger partial charge in [0.2, 0.25) is 5.91 Å². The summed E-state index contributed by atoms with van der Waals surface area (Å²) >= 11 is 7.50. The first kappa shape index (κ1) is 14.0. The molecule has 5 nitrogen and oxygen atoms in total. The van der Waals surface area contributed by atoms with E-state index < -0.39 is 0 Å². The molecule has 0 unspecified atom stereocenters. The van der Waals surface area contributed by atoms with Gasteiger partial charge in [-0.2, -0.15) is 0 Å². The summed E-state index contributed by atoms with van der Waals surface area (Å²) in [5.41, 5.74) is 0.734. The lowest BCUT2D eigenvalue weighted by atomic mass is 10.3. The third-order valence-electron chi connectivity index (χ3n) is 3.00. The molecule has 0 saturated carbocycles. The number of halogens is 1. The molecule has 2 heterocycles. The van der Waals surface area contributed by atoms with Crippen LogP contribution in [0.3, 0.4) is 0 Å². The number of carbonyl (C=O) groups is 1. The van der Waals surface area contributed by atoms with Gasteiger partial charge in [0.1, 0.15) is 5.52 Å². The Morgan fingerprint density at radius 2 is 2.33 bits per heavy atom. The summed E-state index contributed by atoms with van der Waals surface area (Å²) in [6.07, 6.45) is 6.56. The fourth-order valence-electron chi connectivity index (χ4n) is 1.99. The highest BCUT2D eigenvalue weighted by Gasteiger charge is 2.09. The van der Waals surface area contributed by atoms with Gasteiger partial charge in [0.15, 0.2) is 5.13 Å². The van der Waals surface area contributed by atoms with Crippen LogP contribution in [0.5, 0.6) is 0 Å². The number of rotatable bonds is 5. The molecule has 1 N–H and O–H groups in total. The number of nitrogens with one attached hydrogen (secondary N) is 1. The number of fused-ring (bicyclic) bond motifs is 1. The van der Waals surface area contributed by atoms with Gasteiger partial charge in [-0.15, -0.1) is 0 Å². The highest BCUT2D eigenvalue weighted by molar-refractivity contribution is 7.22. The Kier molecular flexibility index (Phi) is 4.17. The lowest BCUT2D eigenvalue weighted by Crippen LogP contribution is -2.11. The second-order valence-corrected chi connectivity index (χ2v) is 6.00. The summed E-state index contributed by atoms with van der Waals surface area (Å²) in [7, 11) is 0. The van der Waals surface area contributed by atoms with E-state index >= 15 is 0 Å². The minimum atomic E-state index is -0.0368. The van der Waals surface area contributed by atoms with Crippen molar-refractivity contribution in [3.63, 3.8) is 0 Å². The van der Waals surface area contributed by atoms with Gasteiger partial charge in [-0.25, -0.2) is 9.97 Å². The van der Waals surface area contributed by atoms with Crippen LogP contribution < -0.4 is 5.32 Å². The highest BCUT2D eigenvalue weighted by atomic mass is 35.5. The number of nitrogens with zero attached hydrogens (tertiary/aromatic N) is 3. The molecule has 0 bridgehead atoms. The monoisotopic (exact) mass is 320 g/mol. The van der Waals surface area contributed by atoms with Crippen molar-refractivity contribution in [2.75, 3.05) is 5.32 Å². The van der Waals surface area contributed by atoms with Crippen LogP contribution in [0, 0.1) is 0 Å². The van der Waals surface area contributed by atoms with Crippen molar-refractivity contribution in [3.05, 3.63) is 41.9 Å². The van der Waals surface area contributed by atoms with E-state index in [9.17, 15) is 4.79 Å². The number of amides is 1. The maximum absolute atomic E-state index is 11.9. The molecule has 0 spiro atoms. The number of aromatic nitrogens is 3. The summed E-state index contributed by atoms with van der Waals surface area (Å²) in [6, 6.07) is 5.60. The smallest absolute Gasteiger partial charge is 0.226 e. The number of carbonyl (C=O) groups excluding carboxylic acids is 1. The van der Waals surface area contributed by atoms with Crippen LogP contribution in [0.2, 0.25) is 5.02 Å². The van der Waals surface area contributed by atoms with Crippen LogP contribution in [-0.2, 0) is 11.3 Å². The van der Waals surface area contributed by atoms with E-state index in [1.54, 1.807) is 18.6 Å². The van der Waals surface area contributed by atoms with Gasteiger partial charge in [0.05, 0.1) is 16.0 Å². The number of aryl methyl sites for hydroxylation is 1. The van der Waals surface area contributed by atoms with Gasteiger partial charge in [-0.3, -0.25) is 4.79 Å². The zero-order chi connectivity index (χ0) is 14.7. The van der Waals surface area contributed by atoms with Crippen molar-refractivity contribution in [3.8, 4) is 0 Å². The fourth-order valence-corrected chi connectivity index (χ4v) is 3.17. The predicted molar refractivity (Wildman–Crippen MR) is 84.7 cm³/mol. The van der Waals surface area contributed by atoms with Gasteiger partial charge in [-0.1, -0.05) is 29.0 Å². The Hall–Kier alpha value is -1.92. The molecule has 7 heteroatoms. The molecule has 0 aliphatic heterocycles. The van der Waals surface area contributed by atoms with Crippen LogP contribution >= 0.6 is 22.9 Å². The van der Waals surface area contributed by atoms with E-state index in [1.165, 1.54) is 11.3 Å². The molecule has 0 atom stereocenters. The van der Waals surface area contributed by atoms with Crippen molar-refractivity contribution in [2.45, 2.75) is 19.4 Å². The van der Waals surface area contributed by atoms with Crippen LogP contribution in [0.1, 0.15) is 12.8 Å². The van der Waals surface area contributed by atoms with E-state index in [-0.39, 0.29) is 5.91 Å². The lowest BCUT2D eigenvalue weighted by Gasteiger charge is -2.02. The number of benzene rings is 1. The maximum Gasteiger partial charge on any atom is 0.226 e. The van der Waals surface area contributed by atoms with Crippen LogP contribution in [0.4, 0.5) is 5.13 Å². The molecule has 0 saturated heterocycles. The zero-order valence-electron chi connectivity index (χ0n) is 11.1. The average Bonchev–Trinajstić information content (AvgIpc) is 3.08. The molecular weight excluding hydrogens is 308 g/mol.